The summed E-state index contributed by atoms with van der Waals surface area (Å²) in [6, 6.07) is 11.6. The van der Waals surface area contributed by atoms with Gasteiger partial charge in [-0.2, -0.15) is 28.1 Å². The number of aryl methyl sites for hydroxylation is 3. The lowest BCUT2D eigenvalue weighted by Crippen LogP contribution is -2.16. The van der Waals surface area contributed by atoms with Gasteiger partial charge in [-0.15, -0.1) is 0 Å². The Labute approximate surface area is 203 Å². The number of rotatable bonds is 4. The van der Waals surface area contributed by atoms with Crippen molar-refractivity contribution in [2.24, 2.45) is 0 Å². The number of anilines is 1. The molecule has 3 aromatic heterocycles. The summed E-state index contributed by atoms with van der Waals surface area (Å²) in [5, 5.41) is 12.3. The third-order valence-corrected chi connectivity index (χ3v) is 5.83. The molecule has 0 spiro atoms. The molecule has 0 saturated carbocycles. The van der Waals surface area contributed by atoms with Crippen LogP contribution in [0.3, 0.4) is 0 Å². The molecule has 3 heterocycles. The molecular formula is C25H20F3N7O. The Balaban J connectivity index is 1.51. The number of hydrogen-bond acceptors (Lipinski definition) is 5. The molecule has 5 aromatic rings. The van der Waals surface area contributed by atoms with Gasteiger partial charge in [-0.1, -0.05) is 6.07 Å². The van der Waals surface area contributed by atoms with Gasteiger partial charge in [0.15, 0.2) is 11.5 Å². The highest BCUT2D eigenvalue weighted by Gasteiger charge is 2.30. The summed E-state index contributed by atoms with van der Waals surface area (Å²) >= 11 is 0. The lowest BCUT2D eigenvalue weighted by molar-refractivity contribution is -0.137. The van der Waals surface area contributed by atoms with E-state index in [1.54, 1.807) is 23.9 Å². The summed E-state index contributed by atoms with van der Waals surface area (Å²) in [6.45, 7) is 5.80. The molecule has 0 aliphatic heterocycles. The minimum absolute atomic E-state index is 0.0730. The highest BCUT2D eigenvalue weighted by atomic mass is 19.4. The van der Waals surface area contributed by atoms with E-state index in [0.717, 1.165) is 41.1 Å². The van der Waals surface area contributed by atoms with E-state index >= 15 is 0 Å². The molecule has 11 heteroatoms. The van der Waals surface area contributed by atoms with Crippen LogP contribution in [0, 0.1) is 20.8 Å². The fourth-order valence-electron chi connectivity index (χ4n) is 3.80. The van der Waals surface area contributed by atoms with Crippen molar-refractivity contribution in [2.75, 3.05) is 5.32 Å². The van der Waals surface area contributed by atoms with Crippen molar-refractivity contribution in [1.82, 2.24) is 29.5 Å². The van der Waals surface area contributed by atoms with Crippen LogP contribution < -0.4 is 5.32 Å². The number of carbonyl (C=O) groups excluding carboxylic acids is 1. The number of aromatic nitrogens is 6. The molecule has 0 aliphatic carbocycles. The van der Waals surface area contributed by atoms with Gasteiger partial charge >= 0.3 is 6.18 Å². The Morgan fingerprint density at radius 3 is 2.36 bits per heavy atom. The number of halogens is 3. The molecule has 0 fully saturated rings. The standard InChI is InChI=1S/C25H20F3N7O/c1-14-4-9-19(10-15(14)2)34-22-20(12-31-34)23(30-13-29-22)35-21(11-16(3)33-35)32-24(36)17-5-7-18(8-6-17)25(26,27)28/h4-13H,1-3H3,(H,32,36). The van der Waals surface area contributed by atoms with Crippen molar-refractivity contribution >= 4 is 22.8 Å². The first kappa shape index (κ1) is 23.2. The number of fused-ring (bicyclic) bond motifs is 1. The van der Waals surface area contributed by atoms with Crippen LogP contribution in [0.1, 0.15) is 32.7 Å². The number of benzene rings is 2. The summed E-state index contributed by atoms with van der Waals surface area (Å²) in [5.41, 5.74) is 3.51. The second-order valence-corrected chi connectivity index (χ2v) is 8.37. The van der Waals surface area contributed by atoms with Crippen LogP contribution >= 0.6 is 0 Å². The Morgan fingerprint density at radius 1 is 0.917 bits per heavy atom. The second kappa shape index (κ2) is 8.59. The molecule has 5 rings (SSSR count). The van der Waals surface area contributed by atoms with Crippen LogP contribution in [-0.4, -0.2) is 35.4 Å². The van der Waals surface area contributed by atoms with Crippen molar-refractivity contribution in [3.8, 4) is 11.5 Å². The monoisotopic (exact) mass is 491 g/mol. The number of carbonyl (C=O) groups is 1. The minimum atomic E-state index is -4.48. The SMILES string of the molecule is Cc1cc(NC(=O)c2ccc(C(F)(F)F)cc2)n(-c2ncnc3c2cnn3-c2ccc(C)c(C)c2)n1. The third kappa shape index (κ3) is 4.19. The zero-order valence-electron chi connectivity index (χ0n) is 19.5. The molecule has 0 radical (unpaired) electrons. The Hall–Kier alpha value is -4.54. The van der Waals surface area contributed by atoms with Crippen LogP contribution in [-0.2, 0) is 6.18 Å². The number of nitrogens with zero attached hydrogens (tertiary/aromatic N) is 6. The Kier molecular flexibility index (Phi) is 5.54. The van der Waals surface area contributed by atoms with Crippen LogP contribution in [0.15, 0.2) is 61.1 Å². The molecule has 0 atom stereocenters. The summed E-state index contributed by atoms with van der Waals surface area (Å²) in [7, 11) is 0. The number of hydrogen-bond donors (Lipinski definition) is 1. The summed E-state index contributed by atoms with van der Waals surface area (Å²) in [5.74, 6) is 0.114. The first-order valence-corrected chi connectivity index (χ1v) is 10.9. The normalized spacial score (nSPS) is 11.7. The van der Waals surface area contributed by atoms with Crippen molar-refractivity contribution in [1.29, 1.82) is 0 Å². The van der Waals surface area contributed by atoms with Crippen LogP contribution in [0.4, 0.5) is 19.0 Å². The van der Waals surface area contributed by atoms with Gasteiger partial charge in [-0.3, -0.25) is 4.79 Å². The molecule has 1 N–H and O–H groups in total. The highest BCUT2D eigenvalue weighted by Crippen LogP contribution is 2.29. The molecule has 8 nitrogen and oxygen atoms in total. The van der Waals surface area contributed by atoms with Crippen molar-refractivity contribution in [2.45, 2.75) is 26.9 Å². The lowest BCUT2D eigenvalue weighted by atomic mass is 10.1. The maximum Gasteiger partial charge on any atom is 0.416 e. The predicted octanol–water partition coefficient (Wildman–Crippen LogP) is 5.20. The van der Waals surface area contributed by atoms with Gasteiger partial charge in [-0.05, 0) is 68.3 Å². The van der Waals surface area contributed by atoms with E-state index in [4.69, 9.17) is 0 Å². The largest absolute Gasteiger partial charge is 0.416 e. The zero-order valence-corrected chi connectivity index (χ0v) is 19.5. The molecule has 2 aromatic carbocycles. The van der Waals surface area contributed by atoms with Gasteiger partial charge < -0.3 is 5.32 Å². The van der Waals surface area contributed by atoms with E-state index in [9.17, 15) is 18.0 Å². The smallest absolute Gasteiger partial charge is 0.306 e. The van der Waals surface area contributed by atoms with E-state index in [1.807, 2.05) is 32.0 Å². The summed E-state index contributed by atoms with van der Waals surface area (Å²) < 4.78 is 41.7. The van der Waals surface area contributed by atoms with Crippen molar-refractivity contribution < 1.29 is 18.0 Å². The molecule has 36 heavy (non-hydrogen) atoms. The highest BCUT2D eigenvalue weighted by molar-refractivity contribution is 6.04. The topological polar surface area (TPSA) is 90.5 Å². The van der Waals surface area contributed by atoms with E-state index in [2.05, 4.69) is 25.5 Å². The van der Waals surface area contributed by atoms with Gasteiger partial charge in [-0.25, -0.2) is 14.6 Å². The van der Waals surface area contributed by atoms with E-state index < -0.39 is 17.6 Å². The average molecular weight is 491 g/mol. The first-order valence-electron chi connectivity index (χ1n) is 10.9. The number of amides is 1. The van der Waals surface area contributed by atoms with Crippen molar-refractivity contribution in [3.05, 3.63) is 89.0 Å². The van der Waals surface area contributed by atoms with E-state index in [0.29, 0.717) is 28.4 Å². The van der Waals surface area contributed by atoms with E-state index in [1.165, 1.54) is 11.0 Å². The molecule has 182 valence electrons. The Bertz CT molecular complexity index is 1600. The average Bonchev–Trinajstić information content (AvgIpc) is 3.43. The maximum absolute atomic E-state index is 12.9. The van der Waals surface area contributed by atoms with Gasteiger partial charge in [0, 0.05) is 11.6 Å². The second-order valence-electron chi connectivity index (χ2n) is 8.37. The first-order chi connectivity index (χ1) is 17.1. The van der Waals surface area contributed by atoms with Gasteiger partial charge in [0.1, 0.15) is 12.1 Å². The van der Waals surface area contributed by atoms with Gasteiger partial charge in [0.05, 0.1) is 28.5 Å². The quantitative estimate of drug-likeness (QED) is 0.373. The van der Waals surface area contributed by atoms with Crippen LogP contribution in [0.2, 0.25) is 0 Å². The maximum atomic E-state index is 12.9. The molecular weight excluding hydrogens is 471 g/mol. The summed E-state index contributed by atoms with van der Waals surface area (Å²) in [6.07, 6.45) is -1.47. The van der Waals surface area contributed by atoms with Crippen LogP contribution in [0.25, 0.3) is 22.5 Å². The molecule has 1 amide bonds. The number of alkyl halides is 3. The Morgan fingerprint density at radius 2 is 1.67 bits per heavy atom. The molecule has 0 bridgehead atoms. The van der Waals surface area contributed by atoms with E-state index in [-0.39, 0.29) is 5.56 Å². The van der Waals surface area contributed by atoms with Gasteiger partial charge in [0.2, 0.25) is 0 Å². The summed E-state index contributed by atoms with van der Waals surface area (Å²) in [4.78, 5) is 21.6. The minimum Gasteiger partial charge on any atom is -0.306 e. The fraction of sp³-hybridized carbons (Fsp3) is 0.160. The molecule has 0 unspecified atom stereocenters. The molecule has 0 aliphatic rings. The van der Waals surface area contributed by atoms with Crippen LogP contribution in [0.5, 0.6) is 0 Å². The van der Waals surface area contributed by atoms with Crippen molar-refractivity contribution in [3.63, 3.8) is 0 Å². The third-order valence-electron chi connectivity index (χ3n) is 5.83. The fourth-order valence-corrected chi connectivity index (χ4v) is 3.80. The van der Waals surface area contributed by atoms with Gasteiger partial charge in [0.25, 0.3) is 5.91 Å². The number of nitrogens with one attached hydrogen (secondary N) is 1. The molecule has 0 saturated heterocycles. The lowest BCUT2D eigenvalue weighted by Gasteiger charge is -2.10. The zero-order chi connectivity index (χ0) is 25.6. The predicted molar refractivity (Wildman–Crippen MR) is 127 cm³/mol.